The molecule has 0 saturated heterocycles. The number of ether oxygens (including phenoxy) is 1. The van der Waals surface area contributed by atoms with Crippen LogP contribution in [0.25, 0.3) is 23.2 Å². The quantitative estimate of drug-likeness (QED) is 0.229. The molecular weight excluding hydrogens is 426 g/mol. The van der Waals surface area contributed by atoms with E-state index in [1.54, 1.807) is 42.5 Å². The van der Waals surface area contributed by atoms with E-state index in [1.165, 1.54) is 6.07 Å². The van der Waals surface area contributed by atoms with Gasteiger partial charge in [0.15, 0.2) is 0 Å². The minimum absolute atomic E-state index is 0.0475. The first kappa shape index (κ1) is 17.9. The van der Waals surface area contributed by atoms with E-state index in [4.69, 9.17) is 9.15 Å². The molecule has 0 N–H and O–H groups in total. The summed E-state index contributed by atoms with van der Waals surface area (Å²) < 4.78 is 12.0. The molecule has 4 rings (SSSR count). The summed E-state index contributed by atoms with van der Waals surface area (Å²) in [5, 5.41) is 11.2. The van der Waals surface area contributed by atoms with Crippen LogP contribution in [0, 0.1) is 10.1 Å². The first-order valence-corrected chi connectivity index (χ1v) is 9.06. The fraction of sp³-hybridized carbons (Fsp3) is 0. The third-order valence-corrected chi connectivity index (χ3v) is 4.67. The lowest BCUT2D eigenvalue weighted by Gasteiger charge is -2.01. The third kappa shape index (κ3) is 3.52. The molecule has 28 heavy (non-hydrogen) atoms. The zero-order chi connectivity index (χ0) is 19.7. The molecule has 1 aromatic heterocycles. The summed E-state index contributed by atoms with van der Waals surface area (Å²) in [6.45, 7) is 0. The van der Waals surface area contributed by atoms with Gasteiger partial charge in [-0.25, -0.2) is 4.79 Å². The van der Waals surface area contributed by atoms with Crippen LogP contribution in [0.15, 0.2) is 81.2 Å². The highest BCUT2D eigenvalue weighted by Crippen LogP contribution is 2.33. The van der Waals surface area contributed by atoms with Gasteiger partial charge < -0.3 is 9.15 Å². The predicted molar refractivity (Wildman–Crippen MR) is 107 cm³/mol. The Hall–Kier alpha value is -3.45. The minimum Gasteiger partial charge on any atom is -0.456 e. The molecule has 0 aliphatic carbocycles. The second-order valence-electron chi connectivity index (χ2n) is 5.98. The first-order valence-electron chi connectivity index (χ1n) is 8.26. The molecule has 0 spiro atoms. The van der Waals surface area contributed by atoms with Crippen LogP contribution in [0.5, 0.6) is 0 Å². The van der Waals surface area contributed by atoms with E-state index in [0.29, 0.717) is 28.4 Å². The summed E-state index contributed by atoms with van der Waals surface area (Å²) in [5.74, 6) is 0.715. The van der Waals surface area contributed by atoms with Gasteiger partial charge in [-0.1, -0.05) is 40.2 Å². The number of nitro benzene ring substituents is 1. The van der Waals surface area contributed by atoms with Crippen LogP contribution in [-0.2, 0) is 9.53 Å². The van der Waals surface area contributed by atoms with Gasteiger partial charge >= 0.3 is 5.97 Å². The highest BCUT2D eigenvalue weighted by atomic mass is 79.9. The third-order valence-electron chi connectivity index (χ3n) is 4.14. The SMILES string of the molecule is O=C1OC(c2ccc(Br)cc2)=C/C1=C\c1ccc(-c2ccccc2[N+](=O)[O-])o1. The van der Waals surface area contributed by atoms with E-state index >= 15 is 0 Å². The molecule has 0 bridgehead atoms. The summed E-state index contributed by atoms with van der Waals surface area (Å²) >= 11 is 3.36. The molecule has 1 aliphatic rings. The summed E-state index contributed by atoms with van der Waals surface area (Å²) in [6.07, 6.45) is 3.19. The summed E-state index contributed by atoms with van der Waals surface area (Å²) in [7, 11) is 0. The summed E-state index contributed by atoms with van der Waals surface area (Å²) in [4.78, 5) is 22.9. The van der Waals surface area contributed by atoms with Gasteiger partial charge in [0, 0.05) is 16.1 Å². The molecule has 2 aromatic carbocycles. The second-order valence-corrected chi connectivity index (χ2v) is 6.90. The number of halogens is 1. The van der Waals surface area contributed by atoms with E-state index in [9.17, 15) is 14.9 Å². The lowest BCUT2D eigenvalue weighted by molar-refractivity contribution is -0.384. The number of rotatable bonds is 4. The summed E-state index contributed by atoms with van der Waals surface area (Å²) in [5.41, 5.74) is 1.44. The number of cyclic esters (lactones) is 1. The lowest BCUT2D eigenvalue weighted by Crippen LogP contribution is -1.96. The molecule has 7 heteroatoms. The topological polar surface area (TPSA) is 82.6 Å². The standard InChI is InChI=1S/C21H12BrNO5/c22-15-7-5-13(6-8-15)20-12-14(21(24)28-20)11-16-9-10-19(27-16)17-3-1-2-4-18(17)23(25)26/h1-12H/b14-11+. The van der Waals surface area contributed by atoms with E-state index in [1.807, 2.05) is 24.3 Å². The number of nitrogens with zero attached hydrogens (tertiary/aromatic N) is 1. The zero-order valence-corrected chi connectivity index (χ0v) is 15.9. The van der Waals surface area contributed by atoms with Crippen molar-refractivity contribution in [2.75, 3.05) is 0 Å². The van der Waals surface area contributed by atoms with E-state index in [0.717, 1.165) is 10.0 Å². The van der Waals surface area contributed by atoms with Gasteiger partial charge in [-0.15, -0.1) is 0 Å². The Morgan fingerprint density at radius 2 is 1.75 bits per heavy atom. The van der Waals surface area contributed by atoms with Gasteiger partial charge in [0.2, 0.25) is 0 Å². The highest BCUT2D eigenvalue weighted by Gasteiger charge is 2.23. The van der Waals surface area contributed by atoms with Crippen LogP contribution in [0.3, 0.4) is 0 Å². The molecular formula is C21H12BrNO5. The van der Waals surface area contributed by atoms with Crippen LogP contribution in [0.4, 0.5) is 5.69 Å². The van der Waals surface area contributed by atoms with Crippen LogP contribution < -0.4 is 0 Å². The Labute approximate surface area is 168 Å². The number of carbonyl (C=O) groups is 1. The largest absolute Gasteiger partial charge is 0.456 e. The Balaban J connectivity index is 1.65. The molecule has 0 radical (unpaired) electrons. The molecule has 0 atom stereocenters. The number of esters is 1. The average Bonchev–Trinajstić information content (AvgIpc) is 3.30. The molecule has 0 amide bonds. The fourth-order valence-corrected chi connectivity index (χ4v) is 3.08. The zero-order valence-electron chi connectivity index (χ0n) is 14.3. The number of benzene rings is 2. The van der Waals surface area contributed by atoms with Crippen molar-refractivity contribution < 1.29 is 18.9 Å². The minimum atomic E-state index is -0.485. The Morgan fingerprint density at radius 1 is 1.00 bits per heavy atom. The lowest BCUT2D eigenvalue weighted by atomic mass is 10.1. The molecule has 2 heterocycles. The van der Waals surface area contributed by atoms with E-state index in [-0.39, 0.29) is 5.69 Å². The molecule has 0 saturated carbocycles. The van der Waals surface area contributed by atoms with Crippen molar-refractivity contribution in [1.29, 1.82) is 0 Å². The van der Waals surface area contributed by atoms with Gasteiger partial charge in [0.25, 0.3) is 5.69 Å². The molecule has 0 unspecified atom stereocenters. The van der Waals surface area contributed by atoms with Crippen LogP contribution >= 0.6 is 15.9 Å². The smallest absolute Gasteiger partial charge is 0.343 e. The number of furan rings is 1. The van der Waals surface area contributed by atoms with Crippen LogP contribution in [0.1, 0.15) is 11.3 Å². The van der Waals surface area contributed by atoms with Crippen molar-refractivity contribution in [1.82, 2.24) is 0 Å². The second kappa shape index (κ2) is 7.28. The maximum Gasteiger partial charge on any atom is 0.343 e. The van der Waals surface area contributed by atoms with Crippen molar-refractivity contribution in [2.45, 2.75) is 0 Å². The molecule has 6 nitrogen and oxygen atoms in total. The van der Waals surface area contributed by atoms with E-state index in [2.05, 4.69) is 15.9 Å². The Bertz CT molecular complexity index is 1140. The molecule has 138 valence electrons. The summed E-state index contributed by atoms with van der Waals surface area (Å²) in [6, 6.07) is 17.0. The maximum absolute atomic E-state index is 12.2. The number of nitro groups is 1. The van der Waals surface area contributed by atoms with Gasteiger partial charge in [-0.05, 0) is 42.5 Å². The van der Waals surface area contributed by atoms with Crippen molar-refractivity contribution in [3.63, 3.8) is 0 Å². The Morgan fingerprint density at radius 3 is 2.50 bits per heavy atom. The molecule has 3 aromatic rings. The maximum atomic E-state index is 12.2. The van der Waals surface area contributed by atoms with Gasteiger partial charge in [0.05, 0.1) is 16.1 Å². The van der Waals surface area contributed by atoms with Gasteiger partial charge in [0.1, 0.15) is 17.3 Å². The highest BCUT2D eigenvalue weighted by molar-refractivity contribution is 9.10. The number of carbonyl (C=O) groups excluding carboxylic acids is 1. The Kier molecular flexibility index (Phi) is 4.67. The van der Waals surface area contributed by atoms with E-state index < -0.39 is 10.9 Å². The van der Waals surface area contributed by atoms with Crippen molar-refractivity contribution in [3.05, 3.63) is 98.2 Å². The predicted octanol–water partition coefficient (Wildman–Crippen LogP) is 5.60. The average molecular weight is 438 g/mol. The monoisotopic (exact) mass is 437 g/mol. The number of hydrogen-bond acceptors (Lipinski definition) is 5. The molecule has 0 fully saturated rings. The van der Waals surface area contributed by atoms with Crippen LogP contribution in [-0.4, -0.2) is 10.9 Å². The number of para-hydroxylation sites is 1. The normalized spacial score (nSPS) is 14.8. The van der Waals surface area contributed by atoms with Gasteiger partial charge in [-0.3, -0.25) is 10.1 Å². The van der Waals surface area contributed by atoms with Crippen molar-refractivity contribution in [3.8, 4) is 11.3 Å². The number of hydrogen-bond donors (Lipinski definition) is 0. The first-order chi connectivity index (χ1) is 13.5. The van der Waals surface area contributed by atoms with Crippen molar-refractivity contribution >= 4 is 39.4 Å². The van der Waals surface area contributed by atoms with Crippen molar-refractivity contribution in [2.24, 2.45) is 0 Å². The van der Waals surface area contributed by atoms with Gasteiger partial charge in [-0.2, -0.15) is 0 Å². The van der Waals surface area contributed by atoms with Crippen LogP contribution in [0.2, 0.25) is 0 Å². The fourth-order valence-electron chi connectivity index (χ4n) is 2.82. The molecule has 1 aliphatic heterocycles.